The first-order valence-corrected chi connectivity index (χ1v) is 13.9. The van der Waals surface area contributed by atoms with Crippen molar-refractivity contribution in [3.63, 3.8) is 0 Å². The van der Waals surface area contributed by atoms with E-state index < -0.39 is 0 Å². The molecule has 0 radical (unpaired) electrons. The minimum absolute atomic E-state index is 0.124. The summed E-state index contributed by atoms with van der Waals surface area (Å²) in [5, 5.41) is 7.63. The van der Waals surface area contributed by atoms with E-state index in [0.717, 1.165) is 58.4 Å². The van der Waals surface area contributed by atoms with E-state index in [0.29, 0.717) is 12.0 Å². The molecule has 0 atom stereocenters. The minimum Gasteiger partial charge on any atom is -0.488 e. The van der Waals surface area contributed by atoms with Crippen molar-refractivity contribution >= 4 is 43.8 Å². The molecule has 1 aliphatic carbocycles. The average Bonchev–Trinajstić information content (AvgIpc) is 2.96. The van der Waals surface area contributed by atoms with Gasteiger partial charge in [-0.3, -0.25) is 4.79 Å². The molecule has 0 unspecified atom stereocenters. The van der Waals surface area contributed by atoms with Gasteiger partial charge in [-0.05, 0) is 81.0 Å². The topological polar surface area (TPSA) is 56.5 Å². The maximum absolute atomic E-state index is 13.4. The van der Waals surface area contributed by atoms with Crippen molar-refractivity contribution in [3.8, 4) is 5.75 Å². The number of hydrogen-bond acceptors (Lipinski definition) is 4. The Labute approximate surface area is 229 Å². The quantitative estimate of drug-likeness (QED) is 0.197. The van der Waals surface area contributed by atoms with Crippen LogP contribution < -0.4 is 10.3 Å². The van der Waals surface area contributed by atoms with E-state index in [1.165, 1.54) is 21.9 Å². The molecule has 5 nitrogen and oxygen atoms in total. The summed E-state index contributed by atoms with van der Waals surface area (Å²) in [7, 11) is 0. The Morgan fingerprint density at radius 3 is 2.53 bits per heavy atom. The fourth-order valence-corrected chi connectivity index (χ4v) is 5.80. The second kappa shape index (κ2) is 10.9. The van der Waals surface area contributed by atoms with Gasteiger partial charge in [0.15, 0.2) is 0 Å². The second-order valence-corrected chi connectivity index (χ2v) is 10.7. The number of para-hydroxylation sites is 1. The smallest absolute Gasteiger partial charge is 0.282 e. The summed E-state index contributed by atoms with van der Waals surface area (Å²) in [6.45, 7) is 0.469. The predicted octanol–water partition coefficient (Wildman–Crippen LogP) is 7.82. The number of nitrogens with zero attached hydrogens (tertiary/aromatic N) is 3. The van der Waals surface area contributed by atoms with Crippen molar-refractivity contribution in [3.05, 3.63) is 117 Å². The number of ether oxygens (including phenoxy) is 1. The molecular formula is C32H28BrN3O2. The van der Waals surface area contributed by atoms with Gasteiger partial charge in [0.1, 0.15) is 18.2 Å². The number of fused-ring (bicyclic) bond motifs is 2. The molecule has 0 aliphatic heterocycles. The Bertz CT molecular complexity index is 1700. The van der Waals surface area contributed by atoms with Crippen LogP contribution in [0.4, 0.5) is 0 Å². The molecule has 0 bridgehead atoms. The zero-order chi connectivity index (χ0) is 25.9. The molecule has 1 saturated carbocycles. The molecule has 0 amide bonds. The van der Waals surface area contributed by atoms with Crippen LogP contribution in [0.25, 0.3) is 21.7 Å². The van der Waals surface area contributed by atoms with E-state index in [1.54, 1.807) is 6.21 Å². The van der Waals surface area contributed by atoms with Crippen LogP contribution in [-0.4, -0.2) is 15.9 Å². The van der Waals surface area contributed by atoms with Crippen LogP contribution in [0.3, 0.4) is 0 Å². The molecule has 0 N–H and O–H groups in total. The lowest BCUT2D eigenvalue weighted by Gasteiger charge is -2.22. The molecule has 0 saturated heterocycles. The third kappa shape index (κ3) is 5.01. The first kappa shape index (κ1) is 24.6. The van der Waals surface area contributed by atoms with Crippen molar-refractivity contribution in [2.24, 2.45) is 5.10 Å². The fourth-order valence-electron chi connectivity index (χ4n) is 5.29. The molecule has 1 fully saturated rings. The largest absolute Gasteiger partial charge is 0.488 e. The molecule has 6 rings (SSSR count). The Balaban J connectivity index is 1.27. The van der Waals surface area contributed by atoms with E-state index in [-0.39, 0.29) is 11.5 Å². The van der Waals surface area contributed by atoms with Crippen LogP contribution in [0.5, 0.6) is 5.75 Å². The predicted molar refractivity (Wildman–Crippen MR) is 157 cm³/mol. The van der Waals surface area contributed by atoms with E-state index >= 15 is 0 Å². The summed E-state index contributed by atoms with van der Waals surface area (Å²) < 4.78 is 8.50. The van der Waals surface area contributed by atoms with E-state index in [4.69, 9.17) is 9.72 Å². The number of hydrogen-bond donors (Lipinski definition) is 0. The Kier molecular flexibility index (Phi) is 7.06. The second-order valence-electron chi connectivity index (χ2n) is 9.80. The first-order valence-electron chi connectivity index (χ1n) is 13.1. The van der Waals surface area contributed by atoms with Crippen LogP contribution >= 0.6 is 15.9 Å². The van der Waals surface area contributed by atoms with Gasteiger partial charge in [-0.1, -0.05) is 73.9 Å². The molecule has 6 heteroatoms. The standard InChI is InChI=1S/C32H28BrN3O2/c33-28-19-22(17-18-30(28)38-21-25-13-8-12-23-9-4-5-14-26(23)25)20-34-36-31(24-10-2-1-3-11-24)35-29-16-7-6-15-27(29)32(36)37/h4-9,12-20,24H,1-3,10-11,21H2. The van der Waals surface area contributed by atoms with Gasteiger partial charge in [0.05, 0.1) is 21.6 Å². The normalized spacial score (nSPS) is 14.4. The summed E-state index contributed by atoms with van der Waals surface area (Å²) in [5.74, 6) is 1.76. The highest BCUT2D eigenvalue weighted by molar-refractivity contribution is 9.10. The summed E-state index contributed by atoms with van der Waals surface area (Å²) in [5.41, 5.74) is 2.62. The summed E-state index contributed by atoms with van der Waals surface area (Å²) in [4.78, 5) is 18.3. The highest BCUT2D eigenvalue weighted by Crippen LogP contribution is 2.32. The first-order chi connectivity index (χ1) is 18.7. The lowest BCUT2D eigenvalue weighted by Crippen LogP contribution is -2.25. The van der Waals surface area contributed by atoms with Gasteiger partial charge < -0.3 is 4.74 Å². The number of benzene rings is 4. The highest BCUT2D eigenvalue weighted by atomic mass is 79.9. The van der Waals surface area contributed by atoms with Gasteiger partial charge in [-0.15, -0.1) is 0 Å². The number of rotatable bonds is 6. The number of aromatic nitrogens is 2. The lowest BCUT2D eigenvalue weighted by atomic mass is 9.88. The van der Waals surface area contributed by atoms with Crippen molar-refractivity contribution in [1.29, 1.82) is 0 Å². The maximum Gasteiger partial charge on any atom is 0.282 e. The van der Waals surface area contributed by atoms with Crippen molar-refractivity contribution in [1.82, 2.24) is 9.66 Å². The molecule has 1 heterocycles. The monoisotopic (exact) mass is 565 g/mol. The number of halogens is 1. The van der Waals surface area contributed by atoms with E-state index in [2.05, 4.69) is 51.4 Å². The van der Waals surface area contributed by atoms with Gasteiger partial charge in [0.25, 0.3) is 5.56 Å². The maximum atomic E-state index is 13.4. The summed E-state index contributed by atoms with van der Waals surface area (Å²) >= 11 is 3.65. The zero-order valence-electron chi connectivity index (χ0n) is 21.0. The molecule has 1 aromatic heterocycles. The summed E-state index contributed by atoms with van der Waals surface area (Å²) in [6.07, 6.45) is 7.35. The van der Waals surface area contributed by atoms with Gasteiger partial charge in [-0.25, -0.2) is 4.98 Å². The van der Waals surface area contributed by atoms with Gasteiger partial charge in [-0.2, -0.15) is 9.78 Å². The third-order valence-electron chi connectivity index (χ3n) is 7.29. The molecular weight excluding hydrogens is 538 g/mol. The fraction of sp³-hybridized carbons (Fsp3) is 0.219. The average molecular weight is 566 g/mol. The highest BCUT2D eigenvalue weighted by Gasteiger charge is 2.22. The van der Waals surface area contributed by atoms with Crippen LogP contribution in [0.2, 0.25) is 0 Å². The van der Waals surface area contributed by atoms with Crippen molar-refractivity contribution < 1.29 is 4.74 Å². The molecule has 38 heavy (non-hydrogen) atoms. The third-order valence-corrected chi connectivity index (χ3v) is 7.91. The zero-order valence-corrected chi connectivity index (χ0v) is 22.6. The molecule has 5 aromatic rings. The van der Waals surface area contributed by atoms with E-state index in [1.807, 2.05) is 54.6 Å². The van der Waals surface area contributed by atoms with Crippen LogP contribution in [0.15, 0.2) is 99.3 Å². The van der Waals surface area contributed by atoms with E-state index in [9.17, 15) is 4.79 Å². The van der Waals surface area contributed by atoms with Crippen LogP contribution in [0, 0.1) is 0 Å². The lowest BCUT2D eigenvalue weighted by molar-refractivity contribution is 0.305. The van der Waals surface area contributed by atoms with Crippen LogP contribution in [0.1, 0.15) is 55.0 Å². The molecule has 0 spiro atoms. The Morgan fingerprint density at radius 2 is 1.68 bits per heavy atom. The Hall–Kier alpha value is -3.77. The van der Waals surface area contributed by atoms with Gasteiger partial charge in [0.2, 0.25) is 0 Å². The Morgan fingerprint density at radius 1 is 0.921 bits per heavy atom. The SMILES string of the molecule is O=c1c2ccccc2nc(C2CCCCC2)n1N=Cc1ccc(OCc2cccc3ccccc23)c(Br)c1. The molecule has 1 aliphatic rings. The van der Waals surface area contributed by atoms with Crippen molar-refractivity contribution in [2.45, 2.75) is 44.6 Å². The van der Waals surface area contributed by atoms with Gasteiger partial charge in [0, 0.05) is 5.92 Å². The van der Waals surface area contributed by atoms with Crippen molar-refractivity contribution in [2.75, 3.05) is 0 Å². The minimum atomic E-state index is -0.124. The summed E-state index contributed by atoms with van der Waals surface area (Å²) in [6, 6.07) is 27.9. The molecule has 4 aromatic carbocycles. The molecule has 190 valence electrons. The van der Waals surface area contributed by atoms with Gasteiger partial charge >= 0.3 is 0 Å². The van der Waals surface area contributed by atoms with Crippen LogP contribution in [-0.2, 0) is 6.61 Å².